The van der Waals surface area contributed by atoms with Crippen molar-refractivity contribution in [3.05, 3.63) is 29.3 Å². The van der Waals surface area contributed by atoms with E-state index >= 15 is 0 Å². The van der Waals surface area contributed by atoms with Crippen molar-refractivity contribution in [2.45, 2.75) is 19.9 Å². The molecular formula is C11H16ClN5. The third-order valence-electron chi connectivity index (χ3n) is 1.72. The lowest BCUT2D eigenvalue weighted by Crippen LogP contribution is -2.26. The van der Waals surface area contributed by atoms with Crippen molar-refractivity contribution in [3.63, 3.8) is 0 Å². The molecule has 5 nitrogen and oxygen atoms in total. The fourth-order valence-electron chi connectivity index (χ4n) is 1.12. The van der Waals surface area contributed by atoms with E-state index in [1.165, 1.54) is 0 Å². The summed E-state index contributed by atoms with van der Waals surface area (Å²) in [6, 6.07) is 7.27. The molecule has 1 rings (SSSR count). The average Bonchev–Trinajstić information content (AvgIpc) is 2.19. The fourth-order valence-corrected chi connectivity index (χ4v) is 1.24. The van der Waals surface area contributed by atoms with E-state index < -0.39 is 0 Å². The first-order valence-corrected chi connectivity index (χ1v) is 5.55. The molecule has 0 saturated heterocycles. The van der Waals surface area contributed by atoms with Crippen molar-refractivity contribution in [2.24, 2.45) is 21.5 Å². The number of hydrogen-bond acceptors (Lipinski definition) is 1. The van der Waals surface area contributed by atoms with Gasteiger partial charge in [0.2, 0.25) is 5.96 Å². The van der Waals surface area contributed by atoms with Gasteiger partial charge in [0.05, 0.1) is 0 Å². The predicted octanol–water partition coefficient (Wildman–Crippen LogP) is 1.79. The summed E-state index contributed by atoms with van der Waals surface area (Å²) in [7, 11) is 0. The van der Waals surface area contributed by atoms with Crippen LogP contribution in [0.15, 0.2) is 34.3 Å². The van der Waals surface area contributed by atoms with Crippen molar-refractivity contribution < 1.29 is 0 Å². The number of anilines is 1. The molecule has 92 valence electrons. The lowest BCUT2D eigenvalue weighted by Gasteiger charge is -2.07. The van der Waals surface area contributed by atoms with Gasteiger partial charge in [0.15, 0.2) is 5.96 Å². The Labute approximate surface area is 106 Å². The summed E-state index contributed by atoms with van der Waals surface area (Å²) >= 11 is 5.79. The Morgan fingerprint density at radius 3 is 2.29 bits per heavy atom. The summed E-state index contributed by atoms with van der Waals surface area (Å²) in [6.45, 7) is 3.87. The van der Waals surface area contributed by atoms with Gasteiger partial charge in [0.25, 0.3) is 0 Å². The Hall–Kier alpha value is -1.75. The SMILES string of the molecule is CC(C)N=C(N=C(N)N)Nc1ccc(Cl)cc1. The molecule has 5 N–H and O–H groups in total. The highest BCUT2D eigenvalue weighted by Crippen LogP contribution is 2.13. The van der Waals surface area contributed by atoms with Crippen LogP contribution in [-0.4, -0.2) is 18.0 Å². The van der Waals surface area contributed by atoms with Gasteiger partial charge < -0.3 is 16.8 Å². The van der Waals surface area contributed by atoms with E-state index in [2.05, 4.69) is 15.3 Å². The molecular weight excluding hydrogens is 238 g/mol. The summed E-state index contributed by atoms with van der Waals surface area (Å²) in [5, 5.41) is 3.68. The zero-order valence-corrected chi connectivity index (χ0v) is 10.6. The first-order chi connectivity index (χ1) is 7.97. The standard InChI is InChI=1S/C11H16ClN5/c1-7(2)15-11(17-10(13)14)16-9-5-3-8(12)4-6-9/h3-7H,1-2H3,(H5,13,14,15,16,17). The molecule has 0 spiro atoms. The minimum Gasteiger partial charge on any atom is -0.370 e. The largest absolute Gasteiger partial charge is 0.370 e. The van der Waals surface area contributed by atoms with Crippen molar-refractivity contribution in [1.82, 2.24) is 0 Å². The fraction of sp³-hybridized carbons (Fsp3) is 0.273. The molecule has 0 aliphatic heterocycles. The second-order valence-corrected chi connectivity index (χ2v) is 4.15. The quantitative estimate of drug-likeness (QED) is 0.555. The highest BCUT2D eigenvalue weighted by atomic mass is 35.5. The van der Waals surface area contributed by atoms with Crippen LogP contribution in [0.3, 0.4) is 0 Å². The van der Waals surface area contributed by atoms with Crippen molar-refractivity contribution in [2.75, 3.05) is 5.32 Å². The van der Waals surface area contributed by atoms with Crippen LogP contribution in [0, 0.1) is 0 Å². The van der Waals surface area contributed by atoms with Gasteiger partial charge in [-0.05, 0) is 38.1 Å². The van der Waals surface area contributed by atoms with Crippen LogP contribution in [0.25, 0.3) is 0 Å². The number of nitrogens with one attached hydrogen (secondary N) is 1. The molecule has 0 aliphatic carbocycles. The molecule has 0 aromatic heterocycles. The number of guanidine groups is 2. The van der Waals surface area contributed by atoms with E-state index in [4.69, 9.17) is 23.1 Å². The van der Waals surface area contributed by atoms with Crippen molar-refractivity contribution in [3.8, 4) is 0 Å². The summed E-state index contributed by atoms with van der Waals surface area (Å²) in [5.74, 6) is 0.341. The maximum atomic E-state index is 5.79. The minimum atomic E-state index is -0.0362. The van der Waals surface area contributed by atoms with Crippen molar-refractivity contribution in [1.29, 1.82) is 0 Å². The zero-order valence-electron chi connectivity index (χ0n) is 9.81. The van der Waals surface area contributed by atoms with Crippen LogP contribution in [0.2, 0.25) is 5.02 Å². The summed E-state index contributed by atoms with van der Waals surface area (Å²) in [4.78, 5) is 8.17. The molecule has 1 aromatic rings. The number of benzene rings is 1. The normalized spacial score (nSPS) is 11.4. The van der Waals surface area contributed by atoms with Crippen LogP contribution >= 0.6 is 11.6 Å². The monoisotopic (exact) mass is 253 g/mol. The minimum absolute atomic E-state index is 0.0362. The van der Waals surface area contributed by atoms with Crippen LogP contribution in [-0.2, 0) is 0 Å². The van der Waals surface area contributed by atoms with Crippen LogP contribution < -0.4 is 16.8 Å². The van der Waals surface area contributed by atoms with E-state index in [0.717, 1.165) is 5.69 Å². The lowest BCUT2D eigenvalue weighted by molar-refractivity contribution is 0.833. The molecule has 0 atom stereocenters. The van der Waals surface area contributed by atoms with Crippen LogP contribution in [0.4, 0.5) is 5.69 Å². The molecule has 17 heavy (non-hydrogen) atoms. The molecule has 0 unspecified atom stereocenters. The van der Waals surface area contributed by atoms with Gasteiger partial charge >= 0.3 is 0 Å². The zero-order chi connectivity index (χ0) is 12.8. The number of nitrogens with zero attached hydrogens (tertiary/aromatic N) is 2. The van der Waals surface area contributed by atoms with Gasteiger partial charge in [0, 0.05) is 16.8 Å². The van der Waals surface area contributed by atoms with E-state index in [9.17, 15) is 0 Å². The Morgan fingerprint density at radius 2 is 1.82 bits per heavy atom. The van der Waals surface area contributed by atoms with Crippen LogP contribution in [0.1, 0.15) is 13.8 Å². The van der Waals surface area contributed by atoms with E-state index in [1.54, 1.807) is 12.1 Å². The first-order valence-electron chi connectivity index (χ1n) is 5.17. The highest BCUT2D eigenvalue weighted by Gasteiger charge is 2.00. The number of nitrogens with two attached hydrogens (primary N) is 2. The maximum Gasteiger partial charge on any atom is 0.226 e. The molecule has 0 radical (unpaired) electrons. The second kappa shape index (κ2) is 6.10. The van der Waals surface area contributed by atoms with E-state index in [0.29, 0.717) is 11.0 Å². The van der Waals surface area contributed by atoms with Gasteiger partial charge in [-0.15, -0.1) is 0 Å². The molecule has 0 amide bonds. The van der Waals surface area contributed by atoms with Gasteiger partial charge in [-0.3, -0.25) is 0 Å². The van der Waals surface area contributed by atoms with Crippen LogP contribution in [0.5, 0.6) is 0 Å². The Bertz CT molecular complexity index is 418. The van der Waals surface area contributed by atoms with Gasteiger partial charge in [-0.2, -0.15) is 4.99 Å². The Kier molecular flexibility index (Phi) is 4.78. The average molecular weight is 254 g/mol. The smallest absolute Gasteiger partial charge is 0.226 e. The molecule has 0 bridgehead atoms. The third-order valence-corrected chi connectivity index (χ3v) is 1.97. The number of rotatable bonds is 2. The summed E-state index contributed by atoms with van der Waals surface area (Å²) in [5.41, 5.74) is 11.5. The van der Waals surface area contributed by atoms with Gasteiger partial charge in [-0.1, -0.05) is 11.6 Å². The molecule has 0 heterocycles. The summed E-state index contributed by atoms with van der Waals surface area (Å²) in [6.07, 6.45) is 0. The first kappa shape index (κ1) is 13.3. The Morgan fingerprint density at radius 1 is 1.24 bits per heavy atom. The molecule has 0 saturated carbocycles. The highest BCUT2D eigenvalue weighted by molar-refractivity contribution is 6.30. The third kappa shape index (κ3) is 5.21. The van der Waals surface area contributed by atoms with E-state index in [-0.39, 0.29) is 12.0 Å². The topological polar surface area (TPSA) is 88.8 Å². The molecule has 1 aromatic carbocycles. The number of aliphatic imine (C=N–C) groups is 2. The molecule has 0 fully saturated rings. The van der Waals surface area contributed by atoms with Gasteiger partial charge in [-0.25, -0.2) is 4.99 Å². The molecule has 0 aliphatic rings. The lowest BCUT2D eigenvalue weighted by atomic mass is 10.3. The predicted molar refractivity (Wildman–Crippen MR) is 73.5 cm³/mol. The Balaban J connectivity index is 2.87. The number of halogens is 1. The van der Waals surface area contributed by atoms with E-state index in [1.807, 2.05) is 26.0 Å². The summed E-state index contributed by atoms with van der Waals surface area (Å²) < 4.78 is 0. The van der Waals surface area contributed by atoms with Crippen molar-refractivity contribution >= 4 is 29.2 Å². The number of hydrogen-bond donors (Lipinski definition) is 3. The van der Waals surface area contributed by atoms with Gasteiger partial charge in [0.1, 0.15) is 0 Å². The molecule has 6 heteroatoms. The maximum absolute atomic E-state index is 5.79. The second-order valence-electron chi connectivity index (χ2n) is 3.72.